The third kappa shape index (κ3) is 6.84. The molecule has 1 aliphatic heterocycles. The molecule has 2 fully saturated rings. The number of benzene rings is 3. The molecule has 0 atom stereocenters. The molecule has 1 N–H and O–H groups in total. The van der Waals surface area contributed by atoms with E-state index >= 15 is 0 Å². The van der Waals surface area contributed by atoms with Crippen LogP contribution >= 0.6 is 11.6 Å². The summed E-state index contributed by atoms with van der Waals surface area (Å²) < 4.78 is 28.5. The topological polar surface area (TPSA) is 113 Å². The number of piperazine rings is 1. The maximum absolute atomic E-state index is 13.1. The zero-order chi connectivity index (χ0) is 32.7. The van der Waals surface area contributed by atoms with Gasteiger partial charge in [-0.3, -0.25) is 19.8 Å². The number of sulfonamides is 1. The van der Waals surface area contributed by atoms with Gasteiger partial charge in [0.1, 0.15) is 0 Å². The smallest absolute Gasteiger partial charge is 0.269 e. The van der Waals surface area contributed by atoms with Crippen molar-refractivity contribution in [2.45, 2.75) is 56.3 Å². The predicted molar refractivity (Wildman–Crippen MR) is 180 cm³/mol. The fourth-order valence-corrected chi connectivity index (χ4v) is 7.86. The molecule has 3 aliphatic rings. The Bertz CT molecular complexity index is 1760. The first-order valence-electron chi connectivity index (χ1n) is 15.7. The number of carbonyl (C=O) groups excluding carboxylic acids is 1. The minimum absolute atomic E-state index is 0.0182. The molecule has 0 unspecified atom stereocenters. The number of nitrogens with zero attached hydrogens (tertiary/aromatic N) is 3. The van der Waals surface area contributed by atoms with Crippen LogP contribution in [0.2, 0.25) is 5.02 Å². The van der Waals surface area contributed by atoms with Gasteiger partial charge >= 0.3 is 0 Å². The largest absolute Gasteiger partial charge is 0.369 e. The molecular formula is C35H39ClN4O5S. The second kappa shape index (κ2) is 12.5. The zero-order valence-electron chi connectivity index (χ0n) is 26.2. The van der Waals surface area contributed by atoms with Crippen LogP contribution in [0, 0.1) is 15.5 Å². The van der Waals surface area contributed by atoms with Crippen molar-refractivity contribution in [2.24, 2.45) is 5.41 Å². The van der Waals surface area contributed by atoms with Gasteiger partial charge in [0.25, 0.3) is 15.7 Å². The summed E-state index contributed by atoms with van der Waals surface area (Å²) in [5.74, 6) is -0.614. The second-order valence-corrected chi connectivity index (χ2v) is 15.6. The van der Waals surface area contributed by atoms with E-state index in [-0.39, 0.29) is 16.0 Å². The van der Waals surface area contributed by atoms with Gasteiger partial charge in [-0.1, -0.05) is 55.3 Å². The minimum Gasteiger partial charge on any atom is -0.369 e. The number of nitro benzene ring substituents is 1. The first-order valence-corrected chi connectivity index (χ1v) is 17.6. The van der Waals surface area contributed by atoms with Gasteiger partial charge in [0.2, 0.25) is 5.91 Å². The zero-order valence-corrected chi connectivity index (χ0v) is 27.7. The molecule has 0 bridgehead atoms. The second-order valence-electron chi connectivity index (χ2n) is 13.5. The number of rotatable bonds is 9. The van der Waals surface area contributed by atoms with Gasteiger partial charge in [0.15, 0.2) is 0 Å². The summed E-state index contributed by atoms with van der Waals surface area (Å²) >= 11 is 6.17. The van der Waals surface area contributed by atoms with E-state index in [2.05, 4.69) is 40.5 Å². The molecule has 1 saturated heterocycles. The highest BCUT2D eigenvalue weighted by Crippen LogP contribution is 2.49. The summed E-state index contributed by atoms with van der Waals surface area (Å²) in [7, 11) is -4.09. The van der Waals surface area contributed by atoms with Crippen molar-refractivity contribution >= 4 is 44.5 Å². The van der Waals surface area contributed by atoms with Crippen molar-refractivity contribution in [3.8, 4) is 0 Å². The number of non-ortho nitro benzene ring substituents is 1. The molecule has 1 amide bonds. The summed E-state index contributed by atoms with van der Waals surface area (Å²) in [4.78, 5) is 28.4. The first-order chi connectivity index (χ1) is 21.8. The summed E-state index contributed by atoms with van der Waals surface area (Å²) in [5, 5.41) is 11.7. The van der Waals surface area contributed by atoms with Crippen LogP contribution in [0.5, 0.6) is 0 Å². The first kappa shape index (κ1) is 32.2. The molecule has 9 nitrogen and oxygen atoms in total. The lowest BCUT2D eigenvalue weighted by atomic mass is 9.72. The molecule has 0 aromatic heterocycles. The number of hydrogen-bond acceptors (Lipinski definition) is 7. The van der Waals surface area contributed by atoms with Crippen LogP contribution in [0.1, 0.15) is 57.1 Å². The van der Waals surface area contributed by atoms with E-state index in [1.54, 1.807) is 12.1 Å². The van der Waals surface area contributed by atoms with Gasteiger partial charge in [-0.2, -0.15) is 0 Å². The molecule has 0 spiro atoms. The van der Waals surface area contributed by atoms with Crippen LogP contribution in [0.3, 0.4) is 0 Å². The molecule has 11 heteroatoms. The Morgan fingerprint density at radius 2 is 1.54 bits per heavy atom. The SMILES string of the molecule is CC1(C)CCC(CN2CCN(c3ccc(S(=O)(=O)NC(=O)C4(c5ccc([N+](=O)[O-])cc5)CC4)cc3)CC2)=C(c2ccc(Cl)cc2)C1. The molecule has 1 heterocycles. The van der Waals surface area contributed by atoms with E-state index in [1.165, 1.54) is 59.5 Å². The lowest BCUT2D eigenvalue weighted by molar-refractivity contribution is -0.384. The van der Waals surface area contributed by atoms with Gasteiger partial charge in [0.05, 0.1) is 15.2 Å². The highest BCUT2D eigenvalue weighted by atomic mass is 35.5. The number of allylic oxidation sites excluding steroid dienone is 1. The van der Waals surface area contributed by atoms with E-state index in [0.29, 0.717) is 18.4 Å². The molecule has 46 heavy (non-hydrogen) atoms. The van der Waals surface area contributed by atoms with Crippen molar-refractivity contribution in [2.75, 3.05) is 37.6 Å². The van der Waals surface area contributed by atoms with E-state index in [1.807, 2.05) is 12.1 Å². The van der Waals surface area contributed by atoms with Gasteiger partial charge in [-0.25, -0.2) is 13.1 Å². The quantitative estimate of drug-likeness (QED) is 0.204. The molecule has 3 aromatic rings. The number of hydrogen-bond donors (Lipinski definition) is 1. The minimum atomic E-state index is -4.09. The standard InChI is InChI=1S/C35H39ClN4O5S/c1-34(2)16-15-26(32(23-34)25-3-7-28(36)8-4-25)24-38-19-21-39(22-20-38)29-11-13-31(14-12-29)46(44,45)37-33(41)35(17-18-35)27-5-9-30(10-6-27)40(42)43/h3-14H,15-24H2,1-2H3,(H,37,41). The summed E-state index contributed by atoms with van der Waals surface area (Å²) in [6.45, 7) is 9.09. The number of carbonyl (C=O) groups is 1. The monoisotopic (exact) mass is 662 g/mol. The van der Waals surface area contributed by atoms with Crippen LogP contribution in [0.4, 0.5) is 11.4 Å². The average Bonchev–Trinajstić information content (AvgIpc) is 3.85. The Morgan fingerprint density at radius 3 is 2.13 bits per heavy atom. The van der Waals surface area contributed by atoms with E-state index in [4.69, 9.17) is 11.6 Å². The molecular weight excluding hydrogens is 624 g/mol. The molecule has 3 aromatic carbocycles. The van der Waals surface area contributed by atoms with Gasteiger partial charge in [-0.15, -0.1) is 0 Å². The van der Waals surface area contributed by atoms with Crippen LogP contribution in [-0.2, 0) is 20.2 Å². The lowest BCUT2D eigenvalue weighted by Crippen LogP contribution is -2.47. The van der Waals surface area contributed by atoms with Crippen molar-refractivity contribution in [1.29, 1.82) is 0 Å². The van der Waals surface area contributed by atoms with Gasteiger partial charge in [0, 0.05) is 55.6 Å². The third-order valence-corrected chi connectivity index (χ3v) is 11.3. The van der Waals surface area contributed by atoms with E-state index in [9.17, 15) is 23.3 Å². The number of anilines is 1. The van der Waals surface area contributed by atoms with E-state index < -0.39 is 26.3 Å². The van der Waals surface area contributed by atoms with Gasteiger partial charge < -0.3 is 4.90 Å². The van der Waals surface area contributed by atoms with Crippen molar-refractivity contribution < 1.29 is 18.1 Å². The molecule has 2 aliphatic carbocycles. The Hall–Kier alpha value is -3.73. The maximum atomic E-state index is 13.1. The highest BCUT2D eigenvalue weighted by molar-refractivity contribution is 7.90. The van der Waals surface area contributed by atoms with Crippen LogP contribution in [-0.4, -0.2) is 56.9 Å². The Kier molecular flexibility index (Phi) is 8.73. The number of nitrogens with one attached hydrogen (secondary N) is 1. The fraction of sp³-hybridized carbons (Fsp3) is 0.400. The average molecular weight is 663 g/mol. The Morgan fingerprint density at radius 1 is 0.913 bits per heavy atom. The number of halogens is 1. The van der Waals surface area contributed by atoms with Crippen LogP contribution < -0.4 is 9.62 Å². The predicted octanol–water partition coefficient (Wildman–Crippen LogP) is 6.57. The van der Waals surface area contributed by atoms with Crippen molar-refractivity contribution in [3.05, 3.63) is 105 Å². The number of amides is 1. The Balaban J connectivity index is 1.07. The van der Waals surface area contributed by atoms with Crippen LogP contribution in [0.25, 0.3) is 5.57 Å². The van der Waals surface area contributed by atoms with Crippen molar-refractivity contribution in [1.82, 2.24) is 9.62 Å². The van der Waals surface area contributed by atoms with E-state index in [0.717, 1.165) is 56.3 Å². The molecule has 1 saturated carbocycles. The highest BCUT2D eigenvalue weighted by Gasteiger charge is 2.52. The lowest BCUT2D eigenvalue weighted by Gasteiger charge is -2.39. The maximum Gasteiger partial charge on any atom is 0.269 e. The Labute approximate surface area is 275 Å². The fourth-order valence-electron chi connectivity index (χ4n) is 6.69. The summed E-state index contributed by atoms with van der Waals surface area (Å²) in [6.07, 6.45) is 4.28. The normalized spacial score (nSPS) is 19.5. The molecule has 0 radical (unpaired) electrons. The number of nitro groups is 1. The van der Waals surface area contributed by atoms with Gasteiger partial charge in [-0.05, 0) is 90.6 Å². The molecule has 6 rings (SSSR count). The third-order valence-electron chi connectivity index (χ3n) is 9.72. The summed E-state index contributed by atoms with van der Waals surface area (Å²) in [5.41, 5.74) is 4.93. The van der Waals surface area contributed by atoms with Crippen molar-refractivity contribution in [3.63, 3.8) is 0 Å². The molecule has 242 valence electrons. The summed E-state index contributed by atoms with van der Waals surface area (Å²) in [6, 6.07) is 20.6. The van der Waals surface area contributed by atoms with Crippen LogP contribution in [0.15, 0.2) is 83.3 Å².